The van der Waals surface area contributed by atoms with Crippen LogP contribution in [0.25, 0.3) is 0 Å². The van der Waals surface area contributed by atoms with Gasteiger partial charge in [-0.2, -0.15) is 0 Å². The fourth-order valence-electron chi connectivity index (χ4n) is 1.58. The number of nitrogens with one attached hydrogen (secondary N) is 1. The minimum absolute atomic E-state index is 0.0505. The number of carbonyl (C=O) groups excluding carboxylic acids is 1. The Hall–Kier alpha value is -1.73. The molecule has 0 aliphatic heterocycles. The Bertz CT molecular complexity index is 609. The quantitative estimate of drug-likeness (QED) is 0.739. The molecule has 1 atom stereocenters. The summed E-state index contributed by atoms with van der Waals surface area (Å²) < 4.78 is 26.3. The molecule has 0 aliphatic carbocycles. The molecule has 0 amide bonds. The van der Waals surface area contributed by atoms with Gasteiger partial charge in [-0.1, -0.05) is 19.1 Å². The first-order chi connectivity index (χ1) is 9.27. The van der Waals surface area contributed by atoms with Gasteiger partial charge in [-0.3, -0.25) is 9.59 Å². The number of rotatable bonds is 7. The van der Waals surface area contributed by atoms with Gasteiger partial charge in [0.1, 0.15) is 0 Å². The second kappa shape index (κ2) is 6.62. The average Bonchev–Trinajstić information content (AvgIpc) is 2.39. The number of carboxylic acids is 1. The highest BCUT2D eigenvalue weighted by molar-refractivity contribution is 7.89. The molecule has 1 aromatic rings. The van der Waals surface area contributed by atoms with Crippen LogP contribution in [0.1, 0.15) is 30.6 Å². The van der Waals surface area contributed by atoms with E-state index in [1.165, 1.54) is 31.2 Å². The maximum Gasteiger partial charge on any atom is 0.307 e. The second-order valence-electron chi connectivity index (χ2n) is 4.38. The van der Waals surface area contributed by atoms with E-state index in [2.05, 4.69) is 4.72 Å². The van der Waals surface area contributed by atoms with Crippen LogP contribution in [0.4, 0.5) is 0 Å². The maximum atomic E-state index is 12.0. The molecule has 0 aromatic heterocycles. The number of sulfonamides is 1. The topological polar surface area (TPSA) is 101 Å². The van der Waals surface area contributed by atoms with E-state index in [0.29, 0.717) is 6.42 Å². The number of carbonyl (C=O) groups is 2. The number of aliphatic carboxylic acids is 1. The van der Waals surface area contributed by atoms with Gasteiger partial charge in [-0.15, -0.1) is 0 Å². The minimum atomic E-state index is -3.82. The summed E-state index contributed by atoms with van der Waals surface area (Å²) >= 11 is 0. The monoisotopic (exact) mass is 299 g/mol. The first-order valence-corrected chi connectivity index (χ1v) is 7.59. The van der Waals surface area contributed by atoms with Crippen LogP contribution in [0.3, 0.4) is 0 Å². The van der Waals surface area contributed by atoms with Crippen LogP contribution in [0.5, 0.6) is 0 Å². The molecule has 0 bridgehead atoms. The zero-order valence-corrected chi connectivity index (χ0v) is 12.1. The van der Waals surface area contributed by atoms with Crippen molar-refractivity contribution in [2.24, 2.45) is 5.92 Å². The Labute approximate surface area is 117 Å². The van der Waals surface area contributed by atoms with Crippen molar-refractivity contribution in [1.82, 2.24) is 4.72 Å². The van der Waals surface area contributed by atoms with Crippen molar-refractivity contribution >= 4 is 21.8 Å². The van der Waals surface area contributed by atoms with Crippen LogP contribution < -0.4 is 4.72 Å². The Balaban J connectivity index is 2.91. The van der Waals surface area contributed by atoms with Crippen molar-refractivity contribution in [2.75, 3.05) is 6.54 Å². The van der Waals surface area contributed by atoms with Gasteiger partial charge in [-0.05, 0) is 25.5 Å². The lowest BCUT2D eigenvalue weighted by Crippen LogP contribution is -2.32. The second-order valence-corrected chi connectivity index (χ2v) is 6.15. The standard InChI is InChI=1S/C13H17NO5S/c1-3-10(13(16)17)8-14-20(18,19)12-6-4-5-11(7-12)9(2)15/h4-7,10,14H,3,8H2,1-2H3,(H,16,17). The van der Waals surface area contributed by atoms with Gasteiger partial charge in [0.05, 0.1) is 10.8 Å². The Morgan fingerprint density at radius 2 is 2.00 bits per heavy atom. The van der Waals surface area contributed by atoms with E-state index in [0.717, 1.165) is 0 Å². The molecule has 6 nitrogen and oxygen atoms in total. The highest BCUT2D eigenvalue weighted by atomic mass is 32.2. The summed E-state index contributed by atoms with van der Waals surface area (Å²) in [5.74, 6) is -2.06. The van der Waals surface area contributed by atoms with Crippen molar-refractivity contribution in [3.8, 4) is 0 Å². The summed E-state index contributed by atoms with van der Waals surface area (Å²) in [6, 6.07) is 5.62. The smallest absolute Gasteiger partial charge is 0.307 e. The minimum Gasteiger partial charge on any atom is -0.481 e. The molecule has 7 heteroatoms. The number of carboxylic acid groups (broad SMARTS) is 1. The van der Waals surface area contributed by atoms with Gasteiger partial charge in [-0.25, -0.2) is 13.1 Å². The van der Waals surface area contributed by atoms with Gasteiger partial charge < -0.3 is 5.11 Å². The molecule has 0 saturated carbocycles. The van der Waals surface area contributed by atoms with Crippen molar-refractivity contribution in [1.29, 1.82) is 0 Å². The number of Topliss-reactive ketones (excluding diaryl/α,β-unsaturated/α-hetero) is 1. The summed E-state index contributed by atoms with van der Waals surface area (Å²) in [6.45, 7) is 2.83. The fourth-order valence-corrected chi connectivity index (χ4v) is 2.71. The molecule has 1 rings (SSSR count). The molecular formula is C13H17NO5S. The third-order valence-corrected chi connectivity index (χ3v) is 4.33. The Kier molecular flexibility index (Phi) is 5.41. The molecule has 0 aliphatic rings. The van der Waals surface area contributed by atoms with E-state index in [4.69, 9.17) is 5.11 Å². The molecular weight excluding hydrogens is 282 g/mol. The predicted molar refractivity (Wildman–Crippen MR) is 73.1 cm³/mol. The number of hydrogen-bond donors (Lipinski definition) is 2. The molecule has 0 spiro atoms. The molecule has 1 aromatic carbocycles. The van der Waals surface area contributed by atoms with Crippen molar-refractivity contribution in [3.63, 3.8) is 0 Å². The molecule has 20 heavy (non-hydrogen) atoms. The zero-order chi connectivity index (χ0) is 15.3. The van der Waals surface area contributed by atoms with Crippen LogP contribution in [-0.4, -0.2) is 31.8 Å². The number of hydrogen-bond acceptors (Lipinski definition) is 4. The average molecular weight is 299 g/mol. The normalized spacial score (nSPS) is 12.9. The van der Waals surface area contributed by atoms with Gasteiger partial charge >= 0.3 is 5.97 Å². The van der Waals surface area contributed by atoms with E-state index in [9.17, 15) is 18.0 Å². The number of benzene rings is 1. The van der Waals surface area contributed by atoms with Crippen LogP contribution in [0.15, 0.2) is 29.2 Å². The molecule has 110 valence electrons. The lowest BCUT2D eigenvalue weighted by molar-refractivity contribution is -0.141. The predicted octanol–water partition coefficient (Wildman–Crippen LogP) is 1.28. The Morgan fingerprint density at radius 1 is 1.35 bits per heavy atom. The van der Waals surface area contributed by atoms with Gasteiger partial charge in [0.2, 0.25) is 10.0 Å². The maximum absolute atomic E-state index is 12.0. The van der Waals surface area contributed by atoms with E-state index in [-0.39, 0.29) is 22.8 Å². The molecule has 0 heterocycles. The van der Waals surface area contributed by atoms with Crippen molar-refractivity contribution < 1.29 is 23.1 Å². The van der Waals surface area contributed by atoms with Crippen LogP contribution in [0.2, 0.25) is 0 Å². The van der Waals surface area contributed by atoms with Gasteiger partial charge in [0.25, 0.3) is 0 Å². The first-order valence-electron chi connectivity index (χ1n) is 6.11. The molecule has 2 N–H and O–H groups in total. The summed E-state index contributed by atoms with van der Waals surface area (Å²) in [5.41, 5.74) is 0.290. The molecule has 0 radical (unpaired) electrons. The number of ketones is 1. The zero-order valence-electron chi connectivity index (χ0n) is 11.3. The molecule has 1 unspecified atom stereocenters. The van der Waals surface area contributed by atoms with E-state index in [1.54, 1.807) is 6.92 Å². The first kappa shape index (κ1) is 16.3. The van der Waals surface area contributed by atoms with E-state index in [1.807, 2.05) is 0 Å². The molecule has 0 saturated heterocycles. The van der Waals surface area contributed by atoms with E-state index >= 15 is 0 Å². The summed E-state index contributed by atoms with van der Waals surface area (Å²) in [5, 5.41) is 8.88. The van der Waals surface area contributed by atoms with Crippen LogP contribution >= 0.6 is 0 Å². The SMILES string of the molecule is CCC(CNS(=O)(=O)c1cccc(C(C)=O)c1)C(=O)O. The van der Waals surface area contributed by atoms with Gasteiger partial charge in [0.15, 0.2) is 5.78 Å². The van der Waals surface area contributed by atoms with Crippen LogP contribution in [-0.2, 0) is 14.8 Å². The summed E-state index contributed by atoms with van der Waals surface area (Å²) in [6.07, 6.45) is 0.325. The third-order valence-electron chi connectivity index (χ3n) is 2.91. The van der Waals surface area contributed by atoms with Gasteiger partial charge in [0, 0.05) is 12.1 Å². The summed E-state index contributed by atoms with van der Waals surface area (Å²) in [4.78, 5) is 22.0. The lowest BCUT2D eigenvalue weighted by atomic mass is 10.1. The third kappa shape index (κ3) is 4.14. The lowest BCUT2D eigenvalue weighted by Gasteiger charge is -2.12. The van der Waals surface area contributed by atoms with Crippen molar-refractivity contribution in [2.45, 2.75) is 25.2 Å². The fraction of sp³-hybridized carbons (Fsp3) is 0.385. The highest BCUT2D eigenvalue weighted by Gasteiger charge is 2.20. The molecule has 0 fully saturated rings. The Morgan fingerprint density at radius 3 is 2.50 bits per heavy atom. The largest absolute Gasteiger partial charge is 0.481 e. The van der Waals surface area contributed by atoms with Crippen molar-refractivity contribution in [3.05, 3.63) is 29.8 Å². The highest BCUT2D eigenvalue weighted by Crippen LogP contribution is 2.13. The van der Waals surface area contributed by atoms with E-state index < -0.39 is 21.9 Å². The van der Waals surface area contributed by atoms with Crippen LogP contribution in [0, 0.1) is 5.92 Å². The summed E-state index contributed by atoms with van der Waals surface area (Å²) in [7, 11) is -3.82.